The summed E-state index contributed by atoms with van der Waals surface area (Å²) >= 11 is 10.9. The van der Waals surface area contributed by atoms with Crippen molar-refractivity contribution in [2.45, 2.75) is 26.5 Å². The third-order valence-corrected chi connectivity index (χ3v) is 9.91. The molecule has 3 amide bonds. The van der Waals surface area contributed by atoms with Gasteiger partial charge in [0.15, 0.2) is 16.7 Å². The average Bonchev–Trinajstić information content (AvgIpc) is 3.17. The molecular weight excluding hydrogens is 774 g/mol. The molecule has 5 rings (SSSR count). The molecule has 0 spiro atoms. The lowest BCUT2D eigenvalue weighted by atomic mass is 9.99. The van der Waals surface area contributed by atoms with E-state index < -0.39 is 17.9 Å². The second kappa shape index (κ2) is 19.1. The van der Waals surface area contributed by atoms with Crippen LogP contribution in [0.25, 0.3) is 6.08 Å². The maximum absolute atomic E-state index is 14.2. The highest BCUT2D eigenvalue weighted by Crippen LogP contribution is 2.37. The highest BCUT2D eigenvalue weighted by molar-refractivity contribution is 9.10. The van der Waals surface area contributed by atoms with Gasteiger partial charge >= 0.3 is 0 Å². The molecule has 0 bridgehead atoms. The highest BCUT2D eigenvalue weighted by atomic mass is 79.9. The molecule has 0 aliphatic carbocycles. The molecule has 53 heavy (non-hydrogen) atoms. The molecule has 1 heterocycles. The Bertz CT molecular complexity index is 2060. The van der Waals surface area contributed by atoms with E-state index in [-0.39, 0.29) is 29.0 Å². The van der Waals surface area contributed by atoms with E-state index in [1.807, 2.05) is 85.8 Å². The van der Waals surface area contributed by atoms with Crippen molar-refractivity contribution in [1.82, 2.24) is 10.2 Å². The predicted octanol–water partition coefficient (Wildman–Crippen LogP) is 9.47. The first-order valence-corrected chi connectivity index (χ1v) is 18.9. The molecule has 0 saturated carbocycles. The first-order valence-electron chi connectivity index (χ1n) is 16.7. The molecule has 1 aliphatic heterocycles. The van der Waals surface area contributed by atoms with E-state index >= 15 is 0 Å². The Labute approximate surface area is 327 Å². The highest BCUT2D eigenvalue weighted by Gasteiger charge is 2.35. The summed E-state index contributed by atoms with van der Waals surface area (Å²) in [5.74, 6) is -0.889. The van der Waals surface area contributed by atoms with Crippen molar-refractivity contribution in [2.75, 3.05) is 12.4 Å². The van der Waals surface area contributed by atoms with E-state index in [0.29, 0.717) is 38.9 Å². The van der Waals surface area contributed by atoms with Gasteiger partial charge in [-0.3, -0.25) is 19.3 Å². The monoisotopic (exact) mass is 809 g/mol. The van der Waals surface area contributed by atoms with Gasteiger partial charge in [0.1, 0.15) is 12.2 Å². The molecule has 1 N–H and O–H groups in total. The maximum Gasteiger partial charge on any atom is 0.285 e. The molecule has 4 aromatic carbocycles. The lowest BCUT2D eigenvalue weighted by Crippen LogP contribution is -2.42. The normalized spacial score (nSPS) is 14.1. The minimum absolute atomic E-state index is 0.0717. The zero-order chi connectivity index (χ0) is 37.7. The van der Waals surface area contributed by atoms with Crippen LogP contribution >= 0.6 is 39.3 Å². The molecule has 4 aromatic rings. The SMILES string of the molecule is C=C/C=C\C(=C/C)N1C(=O)/C(=C/c2cc(OCC)c(OCc3ccccc3Cl)cc2Br)C(=O)N=C1SCC(=O)NC(c1ccccc1)c1ccccc1. The molecular formula is C42H37BrClN3O5S. The summed E-state index contributed by atoms with van der Waals surface area (Å²) in [5, 5.41) is 3.75. The quantitative estimate of drug-likeness (QED) is 0.0775. The molecule has 0 radical (unpaired) electrons. The van der Waals surface area contributed by atoms with Crippen molar-refractivity contribution < 1.29 is 23.9 Å². The summed E-state index contributed by atoms with van der Waals surface area (Å²) in [4.78, 5) is 47.0. The minimum Gasteiger partial charge on any atom is -0.490 e. The zero-order valence-electron chi connectivity index (χ0n) is 29.1. The van der Waals surface area contributed by atoms with Gasteiger partial charge < -0.3 is 14.8 Å². The van der Waals surface area contributed by atoms with Crippen molar-refractivity contribution in [1.29, 1.82) is 0 Å². The fourth-order valence-corrected chi connectivity index (χ4v) is 6.80. The largest absolute Gasteiger partial charge is 0.490 e. The van der Waals surface area contributed by atoms with Crippen LogP contribution < -0.4 is 14.8 Å². The number of hydrogen-bond donors (Lipinski definition) is 1. The van der Waals surface area contributed by atoms with Gasteiger partial charge in [-0.1, -0.05) is 143 Å². The second-order valence-corrected chi connectivity index (χ2v) is 13.7. The summed E-state index contributed by atoms with van der Waals surface area (Å²) in [6.45, 7) is 7.90. The Hall–Kier alpha value is -5.16. The molecule has 8 nitrogen and oxygen atoms in total. The van der Waals surface area contributed by atoms with Crippen molar-refractivity contribution >= 4 is 68.3 Å². The van der Waals surface area contributed by atoms with Gasteiger partial charge in [-0.25, -0.2) is 0 Å². The number of nitrogens with zero attached hydrogens (tertiary/aromatic N) is 2. The zero-order valence-corrected chi connectivity index (χ0v) is 32.3. The maximum atomic E-state index is 14.2. The summed E-state index contributed by atoms with van der Waals surface area (Å²) < 4.78 is 12.5. The molecule has 270 valence electrons. The van der Waals surface area contributed by atoms with Gasteiger partial charge in [-0.15, -0.1) is 0 Å². The van der Waals surface area contributed by atoms with Crippen molar-refractivity contribution in [2.24, 2.45) is 4.99 Å². The number of nitrogens with one attached hydrogen (secondary N) is 1. The van der Waals surface area contributed by atoms with E-state index in [4.69, 9.17) is 21.1 Å². The molecule has 11 heteroatoms. The van der Waals surface area contributed by atoms with Crippen LogP contribution in [0.2, 0.25) is 5.02 Å². The first-order chi connectivity index (χ1) is 25.7. The van der Waals surface area contributed by atoms with Crippen LogP contribution in [0, 0.1) is 0 Å². The van der Waals surface area contributed by atoms with E-state index in [2.05, 4.69) is 32.8 Å². The number of amidine groups is 1. The number of carbonyl (C=O) groups excluding carboxylic acids is 3. The van der Waals surface area contributed by atoms with Gasteiger partial charge in [0.25, 0.3) is 11.8 Å². The van der Waals surface area contributed by atoms with Gasteiger partial charge in [-0.2, -0.15) is 4.99 Å². The molecule has 0 atom stereocenters. The lowest BCUT2D eigenvalue weighted by Gasteiger charge is -2.28. The number of aliphatic imine (C=N–C) groups is 1. The standard InChI is InChI=1S/C42H37BrClN3O5S/c1-4-7-21-32(5-2)47-41(50)33(23-31-24-36(51-6-3)37(25-34(31)43)52-26-30-20-14-15-22-35(30)44)40(49)46-42(47)53-27-38(48)45-39(28-16-10-8-11-17-28)29-18-12-9-13-19-29/h4-5,7-25,39H,1,6,26-27H2,2-3H3,(H,45,48)/b21-7-,32-5+,33-23+. The van der Waals surface area contributed by atoms with E-state index in [0.717, 1.165) is 28.5 Å². The summed E-state index contributed by atoms with van der Waals surface area (Å²) in [6.07, 6.45) is 8.12. The van der Waals surface area contributed by atoms with Gasteiger partial charge in [0.05, 0.1) is 18.4 Å². The minimum atomic E-state index is -0.743. The van der Waals surface area contributed by atoms with Crippen LogP contribution in [0.15, 0.2) is 149 Å². The van der Waals surface area contributed by atoms with E-state index in [1.165, 1.54) is 11.0 Å². The molecule has 0 fully saturated rings. The molecule has 1 aliphatic rings. The summed E-state index contributed by atoms with van der Waals surface area (Å²) in [6, 6.07) is 29.7. The molecule has 0 unspecified atom stereocenters. The Morgan fingerprint density at radius 3 is 2.25 bits per heavy atom. The second-order valence-electron chi connectivity index (χ2n) is 11.5. The Morgan fingerprint density at radius 2 is 1.62 bits per heavy atom. The van der Waals surface area contributed by atoms with Gasteiger partial charge in [0.2, 0.25) is 5.91 Å². The average molecular weight is 811 g/mol. The fraction of sp³-hybridized carbons (Fsp3) is 0.143. The number of thioether (sulfide) groups is 1. The Balaban J connectivity index is 1.43. The number of carbonyl (C=O) groups is 3. The number of benzene rings is 4. The van der Waals surface area contributed by atoms with Crippen molar-refractivity contribution in [3.8, 4) is 11.5 Å². The van der Waals surface area contributed by atoms with Crippen LogP contribution in [-0.2, 0) is 21.0 Å². The topological polar surface area (TPSA) is 97.3 Å². The first kappa shape index (κ1) is 39.1. The third kappa shape index (κ3) is 10.0. The molecule has 0 saturated heterocycles. The van der Waals surface area contributed by atoms with Crippen LogP contribution in [0.4, 0.5) is 0 Å². The number of amides is 3. The van der Waals surface area contributed by atoms with Gasteiger partial charge in [-0.05, 0) is 60.9 Å². The smallest absolute Gasteiger partial charge is 0.285 e. The van der Waals surface area contributed by atoms with Crippen LogP contribution in [0.1, 0.15) is 42.1 Å². The number of halogens is 2. The summed E-state index contributed by atoms with van der Waals surface area (Å²) in [5.41, 5.74) is 3.41. The molecule has 0 aromatic heterocycles. The fourth-order valence-electron chi connectivity index (χ4n) is 5.36. The predicted molar refractivity (Wildman–Crippen MR) is 217 cm³/mol. The Morgan fingerprint density at radius 1 is 0.981 bits per heavy atom. The van der Waals surface area contributed by atoms with E-state index in [1.54, 1.807) is 49.4 Å². The number of rotatable bonds is 14. The van der Waals surface area contributed by atoms with Crippen LogP contribution in [0.3, 0.4) is 0 Å². The van der Waals surface area contributed by atoms with Crippen molar-refractivity contribution in [3.63, 3.8) is 0 Å². The van der Waals surface area contributed by atoms with Crippen LogP contribution in [0.5, 0.6) is 11.5 Å². The Kier molecular flexibility index (Phi) is 14.1. The number of allylic oxidation sites excluding steroid dienone is 4. The van der Waals surface area contributed by atoms with Crippen molar-refractivity contribution in [3.05, 3.63) is 171 Å². The number of hydrogen-bond acceptors (Lipinski definition) is 6. The lowest BCUT2D eigenvalue weighted by molar-refractivity contribution is -0.126. The summed E-state index contributed by atoms with van der Waals surface area (Å²) in [7, 11) is 0. The van der Waals surface area contributed by atoms with E-state index in [9.17, 15) is 14.4 Å². The number of ether oxygens (including phenoxy) is 2. The van der Waals surface area contributed by atoms with Gasteiger partial charge in [0, 0.05) is 20.8 Å². The third-order valence-electron chi connectivity index (χ3n) is 7.92. The van der Waals surface area contributed by atoms with Crippen LogP contribution in [-0.4, -0.2) is 40.1 Å².